The summed E-state index contributed by atoms with van der Waals surface area (Å²) in [4.78, 5) is 2.62. The van der Waals surface area contributed by atoms with Gasteiger partial charge in [-0.25, -0.2) is 0 Å². The Morgan fingerprint density at radius 2 is 1.60 bits per heavy atom. The zero-order chi connectivity index (χ0) is 11.5. The predicted octanol–water partition coefficient (Wildman–Crippen LogP) is 2.89. The molecule has 0 aliphatic heterocycles. The van der Waals surface area contributed by atoms with Crippen molar-refractivity contribution in [3.8, 4) is 0 Å². The van der Waals surface area contributed by atoms with Gasteiger partial charge in [0.25, 0.3) is 0 Å². The molecule has 0 atom stereocenters. The third-order valence-corrected chi connectivity index (χ3v) is 2.90. The molecule has 0 aliphatic carbocycles. The third kappa shape index (κ3) is 8.88. The molecule has 0 aromatic heterocycles. The topological polar surface area (TPSA) is 15.3 Å². The van der Waals surface area contributed by atoms with Gasteiger partial charge in [-0.2, -0.15) is 0 Å². The van der Waals surface area contributed by atoms with Crippen LogP contribution in [0.15, 0.2) is 0 Å². The second kappa shape index (κ2) is 10.4. The molecule has 2 nitrogen and oxygen atoms in total. The van der Waals surface area contributed by atoms with Gasteiger partial charge in [0.2, 0.25) is 0 Å². The Balaban J connectivity index is 3.54. The first-order valence-electron chi connectivity index (χ1n) is 6.61. The Hall–Kier alpha value is -0.0800. The summed E-state index contributed by atoms with van der Waals surface area (Å²) >= 11 is 0. The Morgan fingerprint density at radius 1 is 1.00 bits per heavy atom. The van der Waals surface area contributed by atoms with Crippen LogP contribution in [-0.2, 0) is 0 Å². The highest BCUT2D eigenvalue weighted by atomic mass is 15.1. The molecule has 0 spiro atoms. The quantitative estimate of drug-likeness (QED) is 0.563. The molecule has 0 unspecified atom stereocenters. The van der Waals surface area contributed by atoms with E-state index in [0.717, 1.165) is 6.54 Å². The third-order valence-electron chi connectivity index (χ3n) is 2.90. The molecule has 0 rings (SSSR count). The average molecular weight is 214 g/mol. The molecule has 0 aromatic carbocycles. The molecule has 15 heavy (non-hydrogen) atoms. The van der Waals surface area contributed by atoms with Crippen LogP contribution in [0.1, 0.15) is 52.9 Å². The van der Waals surface area contributed by atoms with E-state index in [1.165, 1.54) is 45.2 Å². The lowest BCUT2D eigenvalue weighted by atomic mass is 10.2. The molecule has 0 fully saturated rings. The minimum atomic E-state index is 0.705. The minimum Gasteiger partial charge on any atom is -0.320 e. The van der Waals surface area contributed by atoms with E-state index >= 15 is 0 Å². The Bertz CT molecular complexity index is 124. The molecule has 0 bridgehead atoms. The van der Waals surface area contributed by atoms with E-state index in [1.807, 2.05) is 7.05 Å². The van der Waals surface area contributed by atoms with Gasteiger partial charge in [-0.1, -0.05) is 19.8 Å². The van der Waals surface area contributed by atoms with Crippen molar-refractivity contribution in [1.29, 1.82) is 0 Å². The molecule has 92 valence electrons. The van der Waals surface area contributed by atoms with Crippen molar-refractivity contribution in [3.05, 3.63) is 0 Å². The Labute approximate surface area is 96.4 Å². The number of hydrogen-bond donors (Lipinski definition) is 1. The molecule has 1 N–H and O–H groups in total. The fraction of sp³-hybridized carbons (Fsp3) is 1.00. The number of hydrogen-bond acceptors (Lipinski definition) is 2. The normalized spacial score (nSPS) is 11.6. The lowest BCUT2D eigenvalue weighted by molar-refractivity contribution is 0.213. The smallest absolute Gasteiger partial charge is 0.00385 e. The number of rotatable bonds is 10. The van der Waals surface area contributed by atoms with Crippen LogP contribution in [0.2, 0.25) is 0 Å². The van der Waals surface area contributed by atoms with Gasteiger partial charge >= 0.3 is 0 Å². The van der Waals surface area contributed by atoms with Gasteiger partial charge in [-0.3, -0.25) is 0 Å². The van der Waals surface area contributed by atoms with E-state index < -0.39 is 0 Å². The maximum absolute atomic E-state index is 3.20. The van der Waals surface area contributed by atoms with Crippen molar-refractivity contribution in [2.45, 2.75) is 58.9 Å². The maximum Gasteiger partial charge on any atom is 0.00385 e. The summed E-state index contributed by atoms with van der Waals surface area (Å²) in [5.74, 6) is 0. The van der Waals surface area contributed by atoms with Crippen LogP contribution in [0.3, 0.4) is 0 Å². The van der Waals surface area contributed by atoms with Crippen LogP contribution in [0.5, 0.6) is 0 Å². The average Bonchev–Trinajstić information content (AvgIpc) is 2.21. The van der Waals surface area contributed by atoms with E-state index in [2.05, 4.69) is 31.0 Å². The van der Waals surface area contributed by atoms with Crippen LogP contribution in [0, 0.1) is 0 Å². The molecule has 0 aliphatic rings. The highest BCUT2D eigenvalue weighted by molar-refractivity contribution is 4.63. The molecular weight excluding hydrogens is 184 g/mol. The molecule has 0 amide bonds. The van der Waals surface area contributed by atoms with Crippen LogP contribution in [0.4, 0.5) is 0 Å². The second-order valence-corrected chi connectivity index (χ2v) is 4.65. The molecule has 0 saturated carbocycles. The van der Waals surface area contributed by atoms with Crippen molar-refractivity contribution in [2.24, 2.45) is 0 Å². The van der Waals surface area contributed by atoms with Crippen LogP contribution >= 0.6 is 0 Å². The molecule has 0 radical (unpaired) electrons. The van der Waals surface area contributed by atoms with Gasteiger partial charge in [0.15, 0.2) is 0 Å². The minimum absolute atomic E-state index is 0.705. The van der Waals surface area contributed by atoms with E-state index in [0.29, 0.717) is 6.04 Å². The summed E-state index contributed by atoms with van der Waals surface area (Å²) in [6, 6.07) is 0.705. The number of nitrogens with zero attached hydrogens (tertiary/aromatic N) is 1. The van der Waals surface area contributed by atoms with E-state index in [4.69, 9.17) is 0 Å². The molecule has 0 heterocycles. The SMILES string of the molecule is CCCCCN(CCCCNC)C(C)C. The van der Waals surface area contributed by atoms with E-state index in [9.17, 15) is 0 Å². The summed E-state index contributed by atoms with van der Waals surface area (Å²) in [7, 11) is 2.03. The lowest BCUT2D eigenvalue weighted by Gasteiger charge is -2.26. The fourth-order valence-corrected chi connectivity index (χ4v) is 1.81. The summed E-state index contributed by atoms with van der Waals surface area (Å²) < 4.78 is 0. The predicted molar refractivity (Wildman–Crippen MR) is 69.4 cm³/mol. The van der Waals surface area contributed by atoms with Gasteiger partial charge in [-0.05, 0) is 59.8 Å². The van der Waals surface area contributed by atoms with E-state index in [1.54, 1.807) is 0 Å². The molecule has 2 heteroatoms. The zero-order valence-electron chi connectivity index (χ0n) is 11.2. The van der Waals surface area contributed by atoms with Gasteiger partial charge in [0.05, 0.1) is 0 Å². The van der Waals surface area contributed by atoms with Gasteiger partial charge < -0.3 is 10.2 Å². The summed E-state index contributed by atoms with van der Waals surface area (Å²) in [6.07, 6.45) is 6.69. The maximum atomic E-state index is 3.20. The molecule has 0 aromatic rings. The van der Waals surface area contributed by atoms with E-state index in [-0.39, 0.29) is 0 Å². The summed E-state index contributed by atoms with van der Waals surface area (Å²) in [5, 5.41) is 3.20. The fourth-order valence-electron chi connectivity index (χ4n) is 1.81. The highest BCUT2D eigenvalue weighted by Gasteiger charge is 2.07. The highest BCUT2D eigenvalue weighted by Crippen LogP contribution is 2.05. The van der Waals surface area contributed by atoms with Crippen LogP contribution in [-0.4, -0.2) is 37.6 Å². The molecule has 0 saturated heterocycles. The number of unbranched alkanes of at least 4 members (excludes halogenated alkanes) is 3. The largest absolute Gasteiger partial charge is 0.320 e. The summed E-state index contributed by atoms with van der Waals surface area (Å²) in [6.45, 7) is 10.6. The van der Waals surface area contributed by atoms with Crippen LogP contribution < -0.4 is 5.32 Å². The van der Waals surface area contributed by atoms with Crippen molar-refractivity contribution in [3.63, 3.8) is 0 Å². The van der Waals surface area contributed by atoms with Crippen molar-refractivity contribution in [1.82, 2.24) is 10.2 Å². The number of nitrogens with one attached hydrogen (secondary N) is 1. The van der Waals surface area contributed by atoms with Gasteiger partial charge in [-0.15, -0.1) is 0 Å². The second-order valence-electron chi connectivity index (χ2n) is 4.65. The van der Waals surface area contributed by atoms with Gasteiger partial charge in [0.1, 0.15) is 0 Å². The standard InChI is InChI=1S/C13H30N2/c1-5-6-8-11-15(13(2)3)12-9-7-10-14-4/h13-14H,5-12H2,1-4H3. The Morgan fingerprint density at radius 3 is 2.07 bits per heavy atom. The van der Waals surface area contributed by atoms with Crippen molar-refractivity contribution < 1.29 is 0 Å². The van der Waals surface area contributed by atoms with Crippen LogP contribution in [0.25, 0.3) is 0 Å². The summed E-state index contributed by atoms with van der Waals surface area (Å²) in [5.41, 5.74) is 0. The van der Waals surface area contributed by atoms with Crippen molar-refractivity contribution in [2.75, 3.05) is 26.7 Å². The van der Waals surface area contributed by atoms with Gasteiger partial charge in [0, 0.05) is 6.04 Å². The Kier molecular flexibility index (Phi) is 10.4. The zero-order valence-corrected chi connectivity index (χ0v) is 11.2. The first kappa shape index (κ1) is 14.9. The lowest BCUT2D eigenvalue weighted by Crippen LogP contribution is -2.33. The monoisotopic (exact) mass is 214 g/mol. The molecular formula is C13H30N2. The first-order valence-corrected chi connectivity index (χ1v) is 6.61. The van der Waals surface area contributed by atoms with Crippen molar-refractivity contribution >= 4 is 0 Å². The first-order chi connectivity index (χ1) is 7.22.